The number of anilines is 1. The first-order valence-corrected chi connectivity index (χ1v) is 8.15. The predicted octanol–water partition coefficient (Wildman–Crippen LogP) is 3.98. The summed E-state index contributed by atoms with van der Waals surface area (Å²) < 4.78 is 21.0. The Kier molecular flexibility index (Phi) is 4.25. The Labute approximate surface area is 153 Å². The number of methoxy groups -OCH3 is 1. The Balaban J connectivity index is 1.54. The van der Waals surface area contributed by atoms with Crippen LogP contribution in [0.2, 0.25) is 0 Å². The average molecular weight is 365 g/mol. The van der Waals surface area contributed by atoms with Crippen LogP contribution in [0.15, 0.2) is 63.6 Å². The number of furan rings is 2. The maximum atomic E-state index is 12.2. The lowest BCUT2D eigenvalue weighted by Crippen LogP contribution is -2.21. The number of para-hydroxylation sites is 1. The standard InChI is InChI=1S/C20H15NO6/c1-24-18-9-13-12-5-2-3-6-15(12)27-17(13)10-14(18)21-19(22)11-26-20(23)16-7-4-8-25-16/h2-10H,11H2,1H3,(H,21,22). The molecule has 4 rings (SSSR count). The smallest absolute Gasteiger partial charge is 0.374 e. The highest BCUT2D eigenvalue weighted by Crippen LogP contribution is 2.36. The maximum absolute atomic E-state index is 12.2. The quantitative estimate of drug-likeness (QED) is 0.538. The van der Waals surface area contributed by atoms with Crippen LogP contribution in [0, 0.1) is 0 Å². The maximum Gasteiger partial charge on any atom is 0.374 e. The first-order valence-electron chi connectivity index (χ1n) is 8.15. The fourth-order valence-electron chi connectivity index (χ4n) is 2.80. The van der Waals surface area contributed by atoms with E-state index in [4.69, 9.17) is 18.3 Å². The van der Waals surface area contributed by atoms with E-state index in [1.807, 2.05) is 24.3 Å². The molecule has 7 heteroatoms. The summed E-state index contributed by atoms with van der Waals surface area (Å²) in [5.74, 6) is -0.720. The topological polar surface area (TPSA) is 90.9 Å². The summed E-state index contributed by atoms with van der Waals surface area (Å²) in [5.41, 5.74) is 1.77. The summed E-state index contributed by atoms with van der Waals surface area (Å²) in [6, 6.07) is 14.1. The largest absolute Gasteiger partial charge is 0.495 e. The lowest BCUT2D eigenvalue weighted by Gasteiger charge is -2.10. The number of carbonyl (C=O) groups is 2. The summed E-state index contributed by atoms with van der Waals surface area (Å²) in [7, 11) is 1.51. The summed E-state index contributed by atoms with van der Waals surface area (Å²) in [4.78, 5) is 23.9. The molecule has 0 saturated carbocycles. The zero-order valence-corrected chi connectivity index (χ0v) is 14.4. The molecule has 0 aliphatic heterocycles. The number of esters is 1. The number of benzene rings is 2. The zero-order chi connectivity index (χ0) is 18.8. The molecule has 7 nitrogen and oxygen atoms in total. The van der Waals surface area contributed by atoms with Gasteiger partial charge in [0.05, 0.1) is 19.1 Å². The molecule has 0 aliphatic rings. The summed E-state index contributed by atoms with van der Waals surface area (Å²) in [6.45, 7) is -0.457. The van der Waals surface area contributed by atoms with Gasteiger partial charge in [-0.2, -0.15) is 0 Å². The van der Waals surface area contributed by atoms with Gasteiger partial charge in [-0.1, -0.05) is 18.2 Å². The van der Waals surface area contributed by atoms with Crippen molar-refractivity contribution in [3.05, 3.63) is 60.6 Å². The first-order chi connectivity index (χ1) is 13.2. The first kappa shape index (κ1) is 16.7. The molecule has 0 fully saturated rings. The van der Waals surface area contributed by atoms with Gasteiger partial charge in [-0.05, 0) is 24.3 Å². The fourth-order valence-corrected chi connectivity index (χ4v) is 2.80. The molecular weight excluding hydrogens is 350 g/mol. The molecule has 0 bridgehead atoms. The van der Waals surface area contributed by atoms with Crippen LogP contribution in [-0.4, -0.2) is 25.6 Å². The minimum absolute atomic E-state index is 0.0316. The van der Waals surface area contributed by atoms with Crippen LogP contribution >= 0.6 is 0 Å². The van der Waals surface area contributed by atoms with Crippen molar-refractivity contribution in [3.63, 3.8) is 0 Å². The zero-order valence-electron chi connectivity index (χ0n) is 14.4. The third kappa shape index (κ3) is 3.22. The van der Waals surface area contributed by atoms with E-state index >= 15 is 0 Å². The van der Waals surface area contributed by atoms with Crippen LogP contribution in [0.4, 0.5) is 5.69 Å². The van der Waals surface area contributed by atoms with Gasteiger partial charge < -0.3 is 23.6 Å². The van der Waals surface area contributed by atoms with Gasteiger partial charge in [0.15, 0.2) is 6.61 Å². The van der Waals surface area contributed by atoms with Crippen molar-refractivity contribution in [1.29, 1.82) is 0 Å². The normalized spacial score (nSPS) is 10.9. The van der Waals surface area contributed by atoms with E-state index in [2.05, 4.69) is 5.32 Å². The van der Waals surface area contributed by atoms with Crippen molar-refractivity contribution < 1.29 is 27.9 Å². The molecule has 0 aliphatic carbocycles. The lowest BCUT2D eigenvalue weighted by molar-refractivity contribution is -0.119. The number of fused-ring (bicyclic) bond motifs is 3. The highest BCUT2D eigenvalue weighted by Gasteiger charge is 2.16. The lowest BCUT2D eigenvalue weighted by atomic mass is 10.1. The second-order valence-electron chi connectivity index (χ2n) is 5.75. The Morgan fingerprint density at radius 3 is 2.67 bits per heavy atom. The van der Waals surface area contributed by atoms with Crippen LogP contribution in [0.3, 0.4) is 0 Å². The Hall–Kier alpha value is -3.74. The molecule has 1 amide bonds. The number of hydrogen-bond acceptors (Lipinski definition) is 6. The summed E-state index contributed by atoms with van der Waals surface area (Å²) in [6.07, 6.45) is 1.35. The van der Waals surface area contributed by atoms with Crippen LogP contribution in [0.25, 0.3) is 21.9 Å². The molecule has 0 unspecified atom stereocenters. The molecule has 27 heavy (non-hydrogen) atoms. The molecule has 4 aromatic rings. The van der Waals surface area contributed by atoms with Gasteiger partial charge in [0, 0.05) is 16.8 Å². The van der Waals surface area contributed by atoms with Crippen LogP contribution in [-0.2, 0) is 9.53 Å². The van der Waals surface area contributed by atoms with Gasteiger partial charge in [-0.25, -0.2) is 4.79 Å². The van der Waals surface area contributed by atoms with Crippen LogP contribution in [0.5, 0.6) is 5.75 Å². The molecule has 2 aromatic carbocycles. The summed E-state index contributed by atoms with van der Waals surface area (Å²) in [5, 5.41) is 4.50. The van der Waals surface area contributed by atoms with Gasteiger partial charge >= 0.3 is 5.97 Å². The van der Waals surface area contributed by atoms with E-state index in [9.17, 15) is 9.59 Å². The van der Waals surface area contributed by atoms with Crippen molar-refractivity contribution in [3.8, 4) is 5.75 Å². The minimum atomic E-state index is -0.713. The highest BCUT2D eigenvalue weighted by molar-refractivity contribution is 6.08. The van der Waals surface area contributed by atoms with E-state index < -0.39 is 18.5 Å². The van der Waals surface area contributed by atoms with Gasteiger partial charge in [-0.15, -0.1) is 0 Å². The van der Waals surface area contributed by atoms with Gasteiger partial charge in [-0.3, -0.25) is 4.79 Å². The highest BCUT2D eigenvalue weighted by atomic mass is 16.5. The Morgan fingerprint density at radius 1 is 1.04 bits per heavy atom. The second-order valence-corrected chi connectivity index (χ2v) is 5.75. The van der Waals surface area contributed by atoms with Gasteiger partial charge in [0.25, 0.3) is 5.91 Å². The average Bonchev–Trinajstić information content (AvgIpc) is 3.33. The van der Waals surface area contributed by atoms with E-state index in [1.165, 1.54) is 19.4 Å². The summed E-state index contributed by atoms with van der Waals surface area (Å²) >= 11 is 0. The molecule has 0 radical (unpaired) electrons. The van der Waals surface area contributed by atoms with Gasteiger partial charge in [0.2, 0.25) is 5.76 Å². The molecule has 0 saturated heterocycles. The van der Waals surface area contributed by atoms with E-state index in [0.29, 0.717) is 17.0 Å². The monoisotopic (exact) mass is 365 g/mol. The third-order valence-electron chi connectivity index (χ3n) is 4.03. The SMILES string of the molecule is COc1cc2c(cc1NC(=O)COC(=O)c1ccco1)oc1ccccc12. The van der Waals surface area contributed by atoms with Crippen LogP contribution in [0.1, 0.15) is 10.6 Å². The van der Waals surface area contributed by atoms with Crippen LogP contribution < -0.4 is 10.1 Å². The van der Waals surface area contributed by atoms with E-state index in [1.54, 1.807) is 18.2 Å². The molecule has 1 N–H and O–H groups in total. The number of nitrogens with one attached hydrogen (secondary N) is 1. The van der Waals surface area contributed by atoms with E-state index in [-0.39, 0.29) is 5.76 Å². The third-order valence-corrected chi connectivity index (χ3v) is 4.03. The number of amides is 1. The Morgan fingerprint density at radius 2 is 1.89 bits per heavy atom. The fraction of sp³-hybridized carbons (Fsp3) is 0.100. The van der Waals surface area contributed by atoms with E-state index in [0.717, 1.165) is 16.4 Å². The molecule has 0 atom stereocenters. The predicted molar refractivity (Wildman–Crippen MR) is 97.9 cm³/mol. The van der Waals surface area contributed by atoms with Crippen molar-refractivity contribution in [1.82, 2.24) is 0 Å². The van der Waals surface area contributed by atoms with Crippen molar-refractivity contribution in [2.75, 3.05) is 19.0 Å². The molecule has 2 heterocycles. The number of hydrogen-bond donors (Lipinski definition) is 1. The molecule has 136 valence electrons. The molecule has 2 aromatic heterocycles. The Bertz CT molecular complexity index is 1130. The number of rotatable bonds is 5. The second kappa shape index (κ2) is 6.87. The van der Waals surface area contributed by atoms with Gasteiger partial charge in [0.1, 0.15) is 16.9 Å². The van der Waals surface area contributed by atoms with Crippen molar-refractivity contribution >= 4 is 39.5 Å². The molecule has 0 spiro atoms. The van der Waals surface area contributed by atoms with Crippen molar-refractivity contribution in [2.24, 2.45) is 0 Å². The number of carbonyl (C=O) groups excluding carboxylic acids is 2. The number of ether oxygens (including phenoxy) is 2. The molecular formula is C20H15NO6. The van der Waals surface area contributed by atoms with Crippen molar-refractivity contribution in [2.45, 2.75) is 0 Å². The minimum Gasteiger partial charge on any atom is -0.495 e.